The van der Waals surface area contributed by atoms with Crippen LogP contribution in [0.1, 0.15) is 11.1 Å². The minimum atomic E-state index is -0.396. The largest absolute Gasteiger partial charge is 0.497 e. The third kappa shape index (κ3) is 3.74. The monoisotopic (exact) mass is 400 g/mol. The van der Waals surface area contributed by atoms with Gasteiger partial charge in [-0.2, -0.15) is 0 Å². The first-order chi connectivity index (χ1) is 13.5. The second-order valence-corrected chi connectivity index (χ2v) is 6.68. The van der Waals surface area contributed by atoms with E-state index in [1.807, 2.05) is 13.0 Å². The normalized spacial score (nSPS) is 14.1. The van der Waals surface area contributed by atoms with Crippen molar-refractivity contribution in [3.8, 4) is 5.75 Å². The molecule has 1 heterocycles. The molecule has 0 fully saturated rings. The lowest BCUT2D eigenvalue weighted by molar-refractivity contribution is -0.137. The number of nitrogens with one attached hydrogen (secondary N) is 1. The molecule has 0 spiro atoms. The Morgan fingerprint density at radius 1 is 1.04 bits per heavy atom. The number of rotatable bonds is 7. The van der Waals surface area contributed by atoms with Crippen molar-refractivity contribution in [2.45, 2.75) is 6.92 Å². The average Bonchev–Trinajstić information content (AvgIpc) is 2.93. The van der Waals surface area contributed by atoms with E-state index in [1.54, 1.807) is 43.5 Å². The Kier molecular flexibility index (Phi) is 6.02. The number of methoxy groups -OCH3 is 2. The van der Waals surface area contributed by atoms with E-state index in [4.69, 9.17) is 21.1 Å². The average molecular weight is 401 g/mol. The van der Waals surface area contributed by atoms with Gasteiger partial charge in [-0.05, 0) is 42.3 Å². The van der Waals surface area contributed by atoms with Crippen LogP contribution >= 0.6 is 11.6 Å². The number of benzene rings is 2. The molecule has 0 aromatic heterocycles. The summed E-state index contributed by atoms with van der Waals surface area (Å²) in [6, 6.07) is 12.4. The van der Waals surface area contributed by atoms with Crippen LogP contribution in [0.4, 0.5) is 5.69 Å². The number of imide groups is 1. The lowest BCUT2D eigenvalue weighted by atomic mass is 10.0. The SMILES string of the molecule is COCCN1C(=O)C(Nc2cccc(Cl)c2C)=C(c2ccc(OC)cc2)C1=O. The van der Waals surface area contributed by atoms with Crippen LogP contribution in [0.2, 0.25) is 5.02 Å². The van der Waals surface area contributed by atoms with Gasteiger partial charge in [0, 0.05) is 17.8 Å². The zero-order valence-corrected chi connectivity index (χ0v) is 16.7. The van der Waals surface area contributed by atoms with Gasteiger partial charge in [0.1, 0.15) is 11.4 Å². The molecule has 0 unspecified atom stereocenters. The van der Waals surface area contributed by atoms with E-state index in [0.29, 0.717) is 27.6 Å². The van der Waals surface area contributed by atoms with Gasteiger partial charge >= 0.3 is 0 Å². The van der Waals surface area contributed by atoms with Crippen LogP contribution in [-0.4, -0.2) is 44.1 Å². The smallest absolute Gasteiger partial charge is 0.278 e. The van der Waals surface area contributed by atoms with Gasteiger partial charge in [0.05, 0.1) is 25.8 Å². The first kappa shape index (κ1) is 19.9. The van der Waals surface area contributed by atoms with E-state index in [0.717, 1.165) is 5.56 Å². The first-order valence-corrected chi connectivity index (χ1v) is 9.11. The number of carbonyl (C=O) groups is 2. The van der Waals surface area contributed by atoms with Gasteiger partial charge < -0.3 is 14.8 Å². The summed E-state index contributed by atoms with van der Waals surface area (Å²) in [4.78, 5) is 27.2. The fourth-order valence-electron chi connectivity index (χ4n) is 2.98. The molecule has 2 aromatic rings. The number of hydrogen-bond acceptors (Lipinski definition) is 5. The number of hydrogen-bond donors (Lipinski definition) is 1. The Morgan fingerprint density at radius 3 is 2.39 bits per heavy atom. The molecule has 0 atom stereocenters. The van der Waals surface area contributed by atoms with Gasteiger partial charge in [0.25, 0.3) is 11.8 Å². The van der Waals surface area contributed by atoms with Gasteiger partial charge in [-0.1, -0.05) is 29.8 Å². The fraction of sp³-hybridized carbons (Fsp3) is 0.238. The summed E-state index contributed by atoms with van der Waals surface area (Å²) in [5.74, 6) is -0.0980. The molecule has 2 aromatic carbocycles. The summed E-state index contributed by atoms with van der Waals surface area (Å²) in [6.45, 7) is 2.28. The standard InChI is InChI=1S/C21H21ClN2O4/c1-13-16(22)5-4-6-17(13)23-19-18(14-7-9-15(28-3)10-8-14)20(25)24(21(19)26)11-12-27-2/h4-10,23H,11-12H2,1-3H3. The second kappa shape index (κ2) is 8.46. The molecule has 1 aliphatic heterocycles. The van der Waals surface area contributed by atoms with Crippen molar-refractivity contribution in [2.75, 3.05) is 32.7 Å². The summed E-state index contributed by atoms with van der Waals surface area (Å²) in [5, 5.41) is 3.70. The highest BCUT2D eigenvalue weighted by Crippen LogP contribution is 2.33. The number of nitrogens with zero attached hydrogens (tertiary/aromatic N) is 1. The molecule has 0 saturated carbocycles. The summed E-state index contributed by atoms with van der Waals surface area (Å²) < 4.78 is 10.2. The van der Waals surface area contributed by atoms with E-state index in [2.05, 4.69) is 5.32 Å². The van der Waals surface area contributed by atoms with Crippen LogP contribution in [0, 0.1) is 6.92 Å². The van der Waals surface area contributed by atoms with E-state index in [1.165, 1.54) is 12.0 Å². The molecular formula is C21H21ClN2O4. The van der Waals surface area contributed by atoms with E-state index < -0.39 is 5.91 Å². The minimum absolute atomic E-state index is 0.174. The Balaban J connectivity index is 2.06. The number of carbonyl (C=O) groups excluding carboxylic acids is 2. The third-order valence-electron chi connectivity index (χ3n) is 4.59. The molecule has 146 valence electrons. The Bertz CT molecular complexity index is 938. The van der Waals surface area contributed by atoms with E-state index in [-0.39, 0.29) is 24.8 Å². The number of ether oxygens (including phenoxy) is 2. The van der Waals surface area contributed by atoms with Crippen LogP contribution in [0.3, 0.4) is 0 Å². The maximum Gasteiger partial charge on any atom is 0.278 e. The molecule has 7 heteroatoms. The second-order valence-electron chi connectivity index (χ2n) is 6.27. The number of halogens is 1. The van der Waals surface area contributed by atoms with Crippen molar-refractivity contribution in [2.24, 2.45) is 0 Å². The van der Waals surface area contributed by atoms with Crippen molar-refractivity contribution in [1.82, 2.24) is 4.90 Å². The van der Waals surface area contributed by atoms with Gasteiger partial charge in [-0.25, -0.2) is 0 Å². The molecule has 28 heavy (non-hydrogen) atoms. The lowest BCUT2D eigenvalue weighted by Gasteiger charge is -2.15. The Labute approximate surface area is 168 Å². The lowest BCUT2D eigenvalue weighted by Crippen LogP contribution is -2.35. The molecule has 0 saturated heterocycles. The molecule has 0 bridgehead atoms. The topological polar surface area (TPSA) is 67.9 Å². The van der Waals surface area contributed by atoms with Crippen LogP contribution < -0.4 is 10.1 Å². The van der Waals surface area contributed by atoms with E-state index in [9.17, 15) is 9.59 Å². The third-order valence-corrected chi connectivity index (χ3v) is 5.00. The molecule has 6 nitrogen and oxygen atoms in total. The summed E-state index contributed by atoms with van der Waals surface area (Å²) in [5.41, 5.74) is 2.62. The van der Waals surface area contributed by atoms with Crippen molar-refractivity contribution >= 4 is 34.7 Å². The quantitative estimate of drug-likeness (QED) is 0.720. The molecular weight excluding hydrogens is 380 g/mol. The van der Waals surface area contributed by atoms with Crippen LogP contribution in [0.25, 0.3) is 5.57 Å². The summed E-state index contributed by atoms with van der Waals surface area (Å²) in [6.07, 6.45) is 0. The van der Waals surface area contributed by atoms with Gasteiger partial charge in [-0.3, -0.25) is 14.5 Å². The van der Waals surface area contributed by atoms with E-state index >= 15 is 0 Å². The Hall–Kier alpha value is -2.83. The maximum absolute atomic E-state index is 13.0. The predicted molar refractivity (Wildman–Crippen MR) is 108 cm³/mol. The highest BCUT2D eigenvalue weighted by atomic mass is 35.5. The van der Waals surface area contributed by atoms with Gasteiger partial charge in [0.2, 0.25) is 0 Å². The number of anilines is 1. The minimum Gasteiger partial charge on any atom is -0.497 e. The molecule has 2 amide bonds. The zero-order chi connectivity index (χ0) is 20.3. The van der Waals surface area contributed by atoms with Crippen LogP contribution in [-0.2, 0) is 14.3 Å². The number of amides is 2. The van der Waals surface area contributed by atoms with Crippen LogP contribution in [0.5, 0.6) is 5.75 Å². The highest BCUT2D eigenvalue weighted by molar-refractivity contribution is 6.36. The van der Waals surface area contributed by atoms with Crippen LogP contribution in [0.15, 0.2) is 48.2 Å². The van der Waals surface area contributed by atoms with Crippen molar-refractivity contribution in [3.63, 3.8) is 0 Å². The molecule has 0 aliphatic carbocycles. The molecule has 1 N–H and O–H groups in total. The maximum atomic E-state index is 13.0. The molecule has 0 radical (unpaired) electrons. The van der Waals surface area contributed by atoms with Crippen molar-refractivity contribution < 1.29 is 19.1 Å². The van der Waals surface area contributed by atoms with Crippen molar-refractivity contribution in [1.29, 1.82) is 0 Å². The predicted octanol–water partition coefficient (Wildman–Crippen LogP) is 3.50. The summed E-state index contributed by atoms with van der Waals surface area (Å²) in [7, 11) is 3.09. The Morgan fingerprint density at radius 2 is 1.75 bits per heavy atom. The zero-order valence-electron chi connectivity index (χ0n) is 15.9. The molecule has 3 rings (SSSR count). The van der Waals surface area contributed by atoms with Crippen molar-refractivity contribution in [3.05, 3.63) is 64.3 Å². The first-order valence-electron chi connectivity index (χ1n) is 8.74. The van der Waals surface area contributed by atoms with Gasteiger partial charge in [0.15, 0.2) is 0 Å². The molecule has 1 aliphatic rings. The highest BCUT2D eigenvalue weighted by Gasteiger charge is 2.39. The van der Waals surface area contributed by atoms with Gasteiger partial charge in [-0.15, -0.1) is 0 Å². The summed E-state index contributed by atoms with van der Waals surface area (Å²) >= 11 is 6.20. The fourth-order valence-corrected chi connectivity index (χ4v) is 3.16.